The van der Waals surface area contributed by atoms with Crippen molar-refractivity contribution in [2.45, 2.75) is 13.3 Å². The highest BCUT2D eigenvalue weighted by Gasteiger charge is 2.34. The van der Waals surface area contributed by atoms with Crippen LogP contribution in [0.5, 0.6) is 0 Å². The van der Waals surface area contributed by atoms with E-state index in [4.69, 9.17) is 10.4 Å². The van der Waals surface area contributed by atoms with E-state index in [1.54, 1.807) is 11.0 Å². The largest absolute Gasteiger partial charge is 0.481 e. The van der Waals surface area contributed by atoms with Crippen LogP contribution >= 0.6 is 0 Å². The van der Waals surface area contributed by atoms with Gasteiger partial charge in [0.05, 0.1) is 10.8 Å². The third-order valence-electron chi connectivity index (χ3n) is 3.52. The Morgan fingerprint density at radius 2 is 2.33 bits per heavy atom. The van der Waals surface area contributed by atoms with Crippen LogP contribution in [0.25, 0.3) is 0 Å². The Morgan fingerprint density at radius 3 is 2.90 bits per heavy atom. The maximum absolute atomic E-state index is 11.2. The summed E-state index contributed by atoms with van der Waals surface area (Å²) in [6.07, 6.45) is 1.85. The molecular formula is C13H14N4O4. The maximum Gasteiger partial charge on any atom is 0.329 e. The van der Waals surface area contributed by atoms with Crippen LogP contribution in [0.4, 0.5) is 11.5 Å². The summed E-state index contributed by atoms with van der Waals surface area (Å²) in [5, 5.41) is 29.4. The normalized spacial score (nSPS) is 21.6. The average molecular weight is 290 g/mol. The second kappa shape index (κ2) is 5.75. The van der Waals surface area contributed by atoms with Crippen molar-refractivity contribution in [1.82, 2.24) is 4.98 Å². The van der Waals surface area contributed by atoms with E-state index in [-0.39, 0.29) is 29.5 Å². The third-order valence-corrected chi connectivity index (χ3v) is 3.52. The van der Waals surface area contributed by atoms with E-state index in [1.165, 1.54) is 12.3 Å². The molecule has 1 aliphatic rings. The average Bonchev–Trinajstić information content (AvgIpc) is 2.45. The number of anilines is 1. The van der Waals surface area contributed by atoms with Gasteiger partial charge in [0.15, 0.2) is 0 Å². The van der Waals surface area contributed by atoms with Crippen molar-refractivity contribution in [3.63, 3.8) is 0 Å². The number of piperidine rings is 1. The predicted molar refractivity (Wildman–Crippen MR) is 72.7 cm³/mol. The number of carbonyl (C=O) groups is 1. The van der Waals surface area contributed by atoms with Crippen LogP contribution in [-0.2, 0) is 4.79 Å². The van der Waals surface area contributed by atoms with Gasteiger partial charge in [0.2, 0.25) is 5.82 Å². The first-order chi connectivity index (χ1) is 9.93. The zero-order valence-corrected chi connectivity index (χ0v) is 11.4. The smallest absolute Gasteiger partial charge is 0.329 e. The summed E-state index contributed by atoms with van der Waals surface area (Å²) in [5.41, 5.74) is -0.437. The van der Waals surface area contributed by atoms with Crippen LogP contribution < -0.4 is 4.90 Å². The number of pyridine rings is 1. The summed E-state index contributed by atoms with van der Waals surface area (Å²) in [5.74, 6) is -1.38. The zero-order valence-electron chi connectivity index (χ0n) is 11.4. The van der Waals surface area contributed by atoms with E-state index in [2.05, 4.69) is 4.98 Å². The van der Waals surface area contributed by atoms with Gasteiger partial charge in [-0.25, -0.2) is 4.98 Å². The molecule has 1 aromatic heterocycles. The van der Waals surface area contributed by atoms with Crippen LogP contribution in [0.2, 0.25) is 0 Å². The van der Waals surface area contributed by atoms with Crippen molar-refractivity contribution < 1.29 is 14.8 Å². The van der Waals surface area contributed by atoms with Gasteiger partial charge in [-0.3, -0.25) is 14.9 Å². The molecule has 0 amide bonds. The molecule has 0 bridgehead atoms. The third kappa shape index (κ3) is 2.91. The Labute approximate surface area is 120 Å². The number of rotatable bonds is 3. The van der Waals surface area contributed by atoms with Crippen molar-refractivity contribution in [2.75, 3.05) is 18.0 Å². The van der Waals surface area contributed by atoms with Gasteiger partial charge in [0.25, 0.3) is 0 Å². The Morgan fingerprint density at radius 1 is 1.62 bits per heavy atom. The van der Waals surface area contributed by atoms with Crippen molar-refractivity contribution >= 4 is 17.5 Å². The fourth-order valence-electron chi connectivity index (χ4n) is 2.65. The molecular weight excluding hydrogens is 276 g/mol. The van der Waals surface area contributed by atoms with Crippen LogP contribution in [-0.4, -0.2) is 34.1 Å². The van der Waals surface area contributed by atoms with Crippen molar-refractivity contribution in [2.24, 2.45) is 11.8 Å². The number of hydrogen-bond donors (Lipinski definition) is 1. The minimum atomic E-state index is -0.925. The number of nitro groups is 1. The standard InChI is InChI=1S/C13H14N4O4/c1-8-4-10(13(18)19)7-16(6-8)12-11(17(20)21)9(5-14)2-3-15-12/h2-3,8,10H,4,6-7H2,1H3,(H,18,19). The summed E-state index contributed by atoms with van der Waals surface area (Å²) in [6.45, 7) is 2.52. The molecule has 8 nitrogen and oxygen atoms in total. The monoisotopic (exact) mass is 290 g/mol. The number of hydrogen-bond acceptors (Lipinski definition) is 6. The molecule has 8 heteroatoms. The van der Waals surface area contributed by atoms with E-state index in [1.807, 2.05) is 6.92 Å². The molecule has 1 N–H and O–H groups in total. The number of aliphatic carboxylic acids is 1. The lowest BCUT2D eigenvalue weighted by Gasteiger charge is -2.35. The zero-order chi connectivity index (χ0) is 15.6. The fourth-order valence-corrected chi connectivity index (χ4v) is 2.65. The van der Waals surface area contributed by atoms with Crippen LogP contribution in [0.15, 0.2) is 12.3 Å². The number of carboxylic acids is 1. The highest BCUT2D eigenvalue weighted by Crippen LogP contribution is 2.33. The van der Waals surface area contributed by atoms with Gasteiger partial charge in [0.1, 0.15) is 11.6 Å². The molecule has 1 fully saturated rings. The minimum Gasteiger partial charge on any atom is -0.481 e. The Bertz CT molecular complexity index is 625. The summed E-state index contributed by atoms with van der Waals surface area (Å²) >= 11 is 0. The topological polar surface area (TPSA) is 120 Å². The molecule has 1 aliphatic heterocycles. The quantitative estimate of drug-likeness (QED) is 0.659. The highest BCUT2D eigenvalue weighted by molar-refractivity contribution is 5.72. The van der Waals surface area contributed by atoms with Crippen molar-refractivity contribution in [3.05, 3.63) is 27.9 Å². The second-order valence-corrected chi connectivity index (χ2v) is 5.18. The molecule has 0 aromatic carbocycles. The van der Waals surface area contributed by atoms with E-state index >= 15 is 0 Å². The molecule has 1 aromatic rings. The Hall–Kier alpha value is -2.69. The molecule has 0 saturated carbocycles. The van der Waals surface area contributed by atoms with Crippen LogP contribution in [0.3, 0.4) is 0 Å². The summed E-state index contributed by atoms with van der Waals surface area (Å²) in [6, 6.07) is 3.06. The molecule has 2 unspecified atom stereocenters. The lowest BCUT2D eigenvalue weighted by Crippen LogP contribution is -2.43. The first-order valence-corrected chi connectivity index (χ1v) is 6.45. The van der Waals surface area contributed by atoms with Crippen molar-refractivity contribution in [3.8, 4) is 6.07 Å². The summed E-state index contributed by atoms with van der Waals surface area (Å²) in [4.78, 5) is 27.3. The van der Waals surface area contributed by atoms with Gasteiger partial charge < -0.3 is 10.0 Å². The van der Waals surface area contributed by atoms with E-state index in [9.17, 15) is 14.9 Å². The first-order valence-electron chi connectivity index (χ1n) is 6.45. The summed E-state index contributed by atoms with van der Waals surface area (Å²) < 4.78 is 0. The van der Waals surface area contributed by atoms with E-state index in [0.717, 1.165) is 0 Å². The van der Waals surface area contributed by atoms with Gasteiger partial charge in [-0.15, -0.1) is 0 Å². The molecule has 0 spiro atoms. The molecule has 0 radical (unpaired) electrons. The first kappa shape index (κ1) is 14.7. The van der Waals surface area contributed by atoms with Gasteiger partial charge >= 0.3 is 11.7 Å². The molecule has 21 heavy (non-hydrogen) atoms. The number of carboxylic acid groups (broad SMARTS) is 1. The lowest BCUT2D eigenvalue weighted by atomic mass is 9.90. The van der Waals surface area contributed by atoms with Gasteiger partial charge in [-0.1, -0.05) is 6.92 Å². The van der Waals surface area contributed by atoms with E-state index in [0.29, 0.717) is 13.0 Å². The number of nitriles is 1. The summed E-state index contributed by atoms with van der Waals surface area (Å²) in [7, 11) is 0. The lowest BCUT2D eigenvalue weighted by molar-refractivity contribution is -0.384. The van der Waals surface area contributed by atoms with Crippen molar-refractivity contribution in [1.29, 1.82) is 5.26 Å². The molecule has 0 aliphatic carbocycles. The number of aromatic nitrogens is 1. The van der Waals surface area contributed by atoms with Crippen LogP contribution in [0, 0.1) is 33.3 Å². The predicted octanol–water partition coefficient (Wildman–Crippen LogP) is 1.41. The Kier molecular flexibility index (Phi) is 4.03. The fraction of sp³-hybridized carbons (Fsp3) is 0.462. The second-order valence-electron chi connectivity index (χ2n) is 5.18. The molecule has 2 heterocycles. The van der Waals surface area contributed by atoms with Gasteiger partial charge in [-0.2, -0.15) is 5.26 Å². The van der Waals surface area contributed by atoms with E-state index < -0.39 is 16.8 Å². The maximum atomic E-state index is 11.2. The molecule has 2 rings (SSSR count). The molecule has 2 atom stereocenters. The minimum absolute atomic E-state index is 0.0665. The number of nitrogens with zero attached hydrogens (tertiary/aromatic N) is 4. The van der Waals surface area contributed by atoms with Gasteiger partial charge in [-0.05, 0) is 18.4 Å². The Balaban J connectivity index is 2.44. The molecule has 110 valence electrons. The van der Waals surface area contributed by atoms with Crippen LogP contribution in [0.1, 0.15) is 18.9 Å². The van der Waals surface area contributed by atoms with Gasteiger partial charge in [0, 0.05) is 19.3 Å². The molecule has 1 saturated heterocycles. The highest BCUT2D eigenvalue weighted by atomic mass is 16.6. The SMILES string of the molecule is CC1CC(C(=O)O)CN(c2nccc(C#N)c2[N+](=O)[O-])C1.